The molecule has 1 aliphatic heterocycles. The molecule has 2 fully saturated rings. The highest BCUT2D eigenvalue weighted by Gasteiger charge is 2.59. The molecule has 4 atom stereocenters. The predicted octanol–water partition coefficient (Wildman–Crippen LogP) is 3.35. The Balaban J connectivity index is 1.33. The Morgan fingerprint density at radius 2 is 1.67 bits per heavy atom. The number of amides is 2. The third-order valence-electron chi connectivity index (χ3n) is 6.88. The van der Waals surface area contributed by atoms with Crippen molar-refractivity contribution in [2.45, 2.75) is 13.3 Å². The number of ether oxygens (including phenoxy) is 2. The smallest absolute Gasteiger partial charge is 0.338 e. The molecule has 5 rings (SSSR count). The number of rotatable bonds is 6. The van der Waals surface area contributed by atoms with Gasteiger partial charge in [0.15, 0.2) is 12.4 Å². The van der Waals surface area contributed by atoms with Crippen LogP contribution in [0.5, 0.6) is 5.75 Å². The Labute approximate surface area is 191 Å². The van der Waals surface area contributed by atoms with Crippen LogP contribution in [0.4, 0.5) is 5.69 Å². The zero-order chi connectivity index (χ0) is 23.3. The van der Waals surface area contributed by atoms with E-state index in [9.17, 15) is 19.2 Å². The Hall–Kier alpha value is -3.74. The molecule has 0 N–H and O–H groups in total. The summed E-state index contributed by atoms with van der Waals surface area (Å²) in [6, 6.07) is 11.3. The van der Waals surface area contributed by atoms with Gasteiger partial charge in [-0.15, -0.1) is 0 Å². The molecule has 2 amide bonds. The van der Waals surface area contributed by atoms with Crippen LogP contribution in [0.1, 0.15) is 32.7 Å². The van der Waals surface area contributed by atoms with Gasteiger partial charge in [0, 0.05) is 5.56 Å². The largest absolute Gasteiger partial charge is 0.497 e. The minimum absolute atomic E-state index is 0.109. The first kappa shape index (κ1) is 21.1. The maximum atomic E-state index is 13.1. The van der Waals surface area contributed by atoms with E-state index in [4.69, 9.17) is 9.47 Å². The van der Waals surface area contributed by atoms with Crippen LogP contribution in [-0.4, -0.2) is 37.3 Å². The van der Waals surface area contributed by atoms with E-state index in [-0.39, 0.29) is 46.8 Å². The molecule has 1 saturated carbocycles. The lowest BCUT2D eigenvalue weighted by atomic mass is 9.85. The van der Waals surface area contributed by atoms with Gasteiger partial charge in [0.05, 0.1) is 30.2 Å². The fraction of sp³-hybridized carbons (Fsp3) is 0.308. The third-order valence-corrected chi connectivity index (χ3v) is 6.88. The summed E-state index contributed by atoms with van der Waals surface area (Å²) in [5.41, 5.74) is 1.65. The van der Waals surface area contributed by atoms with E-state index in [0.717, 1.165) is 6.42 Å². The molecule has 2 aromatic carbocycles. The number of aryl methyl sites for hydroxylation is 1. The molecule has 0 spiro atoms. The molecule has 1 heterocycles. The number of carbonyl (C=O) groups excluding carboxylic acids is 4. The monoisotopic (exact) mass is 445 g/mol. The van der Waals surface area contributed by atoms with Crippen LogP contribution in [0, 0.1) is 30.6 Å². The van der Waals surface area contributed by atoms with Crippen molar-refractivity contribution in [2.75, 3.05) is 18.6 Å². The van der Waals surface area contributed by atoms with E-state index in [1.807, 2.05) is 12.2 Å². The number of ketones is 1. The summed E-state index contributed by atoms with van der Waals surface area (Å²) in [5.74, 6) is -1.36. The number of carbonyl (C=O) groups is 4. The predicted molar refractivity (Wildman–Crippen MR) is 119 cm³/mol. The fourth-order valence-corrected chi connectivity index (χ4v) is 5.21. The number of allylic oxidation sites excluding steroid dienone is 2. The number of fused-ring (bicyclic) bond motifs is 5. The number of benzene rings is 2. The van der Waals surface area contributed by atoms with E-state index in [1.54, 1.807) is 43.3 Å². The lowest BCUT2D eigenvalue weighted by Gasteiger charge is -2.20. The molecule has 0 radical (unpaired) electrons. The van der Waals surface area contributed by atoms with Gasteiger partial charge in [-0.05, 0) is 55.0 Å². The van der Waals surface area contributed by atoms with Crippen LogP contribution >= 0.6 is 0 Å². The van der Waals surface area contributed by atoms with Crippen LogP contribution in [0.2, 0.25) is 0 Å². The molecule has 2 aromatic rings. The van der Waals surface area contributed by atoms with E-state index in [1.165, 1.54) is 18.1 Å². The van der Waals surface area contributed by atoms with E-state index < -0.39 is 12.6 Å². The fourth-order valence-electron chi connectivity index (χ4n) is 5.21. The van der Waals surface area contributed by atoms with Crippen molar-refractivity contribution in [3.63, 3.8) is 0 Å². The van der Waals surface area contributed by atoms with Gasteiger partial charge in [0.2, 0.25) is 11.8 Å². The number of nitrogens with zero attached hydrogens (tertiary/aromatic N) is 1. The van der Waals surface area contributed by atoms with E-state index in [2.05, 4.69) is 0 Å². The number of hydrogen-bond donors (Lipinski definition) is 0. The quantitative estimate of drug-likeness (QED) is 0.293. The number of anilines is 1. The summed E-state index contributed by atoms with van der Waals surface area (Å²) in [4.78, 5) is 52.6. The van der Waals surface area contributed by atoms with Gasteiger partial charge in [-0.25, -0.2) is 9.69 Å². The summed E-state index contributed by atoms with van der Waals surface area (Å²) in [5, 5.41) is 0. The van der Waals surface area contributed by atoms with E-state index in [0.29, 0.717) is 22.6 Å². The lowest BCUT2D eigenvalue weighted by molar-refractivity contribution is -0.123. The maximum Gasteiger partial charge on any atom is 0.338 e. The summed E-state index contributed by atoms with van der Waals surface area (Å²) in [7, 11) is 1.50. The highest BCUT2D eigenvalue weighted by Crippen LogP contribution is 2.53. The first-order chi connectivity index (χ1) is 15.9. The number of Topliss-reactive ketones (excluding diaryl/α,β-unsaturated/α-hetero) is 1. The van der Waals surface area contributed by atoms with Crippen molar-refractivity contribution in [2.24, 2.45) is 23.7 Å². The van der Waals surface area contributed by atoms with Gasteiger partial charge >= 0.3 is 5.97 Å². The molecule has 2 aliphatic carbocycles. The number of methoxy groups -OCH3 is 1. The Bertz CT molecular complexity index is 1190. The maximum absolute atomic E-state index is 13.1. The van der Waals surface area contributed by atoms with Crippen LogP contribution in [-0.2, 0) is 14.3 Å². The zero-order valence-corrected chi connectivity index (χ0v) is 18.3. The van der Waals surface area contributed by atoms with Crippen molar-refractivity contribution in [1.82, 2.24) is 0 Å². The zero-order valence-electron chi connectivity index (χ0n) is 18.3. The Morgan fingerprint density at radius 1 is 0.970 bits per heavy atom. The average molecular weight is 445 g/mol. The normalized spacial score (nSPS) is 24.8. The molecule has 33 heavy (non-hydrogen) atoms. The van der Waals surface area contributed by atoms with Crippen LogP contribution < -0.4 is 9.64 Å². The SMILES string of the molecule is COc1cccc(C(=O)COC(=O)c2ccc(C)c(N3C(=O)[C@H]4[C@H](C3=O)[C@H]3C=C[C@H]4C3)c2)c1. The van der Waals surface area contributed by atoms with Crippen LogP contribution in [0.25, 0.3) is 0 Å². The standard InChI is InChI=1S/C26H23NO6/c1-14-6-7-18(26(31)33-13-21(28)15-4-3-5-19(11-15)32-2)12-20(14)27-24(29)22-16-8-9-17(10-16)23(22)25(27)30/h3-9,11-12,16-17,22-23H,10,13H2,1-2H3/t16-,17-,22+,23+/m0/s1. The van der Waals surface area contributed by atoms with Gasteiger partial charge in [-0.3, -0.25) is 14.4 Å². The summed E-state index contributed by atoms with van der Waals surface area (Å²) >= 11 is 0. The number of hydrogen-bond acceptors (Lipinski definition) is 6. The minimum Gasteiger partial charge on any atom is -0.497 e. The average Bonchev–Trinajstić information content (AvgIpc) is 3.51. The van der Waals surface area contributed by atoms with Crippen molar-refractivity contribution >= 4 is 29.3 Å². The van der Waals surface area contributed by atoms with Gasteiger partial charge in [0.1, 0.15) is 5.75 Å². The van der Waals surface area contributed by atoms with E-state index >= 15 is 0 Å². The van der Waals surface area contributed by atoms with Crippen molar-refractivity contribution < 1.29 is 28.7 Å². The first-order valence-electron chi connectivity index (χ1n) is 10.9. The molecule has 0 unspecified atom stereocenters. The summed E-state index contributed by atoms with van der Waals surface area (Å²) in [6.07, 6.45) is 4.94. The van der Waals surface area contributed by atoms with Gasteiger partial charge in [-0.1, -0.05) is 30.4 Å². The number of esters is 1. The van der Waals surface area contributed by atoms with Gasteiger partial charge < -0.3 is 9.47 Å². The molecular weight excluding hydrogens is 422 g/mol. The highest BCUT2D eigenvalue weighted by molar-refractivity contribution is 6.23. The second-order valence-electron chi connectivity index (χ2n) is 8.74. The summed E-state index contributed by atoms with van der Waals surface area (Å²) in [6.45, 7) is 1.36. The molecule has 0 aromatic heterocycles. The van der Waals surface area contributed by atoms with Crippen molar-refractivity contribution in [3.05, 3.63) is 71.3 Å². The van der Waals surface area contributed by atoms with Gasteiger partial charge in [0.25, 0.3) is 0 Å². The molecule has 1 saturated heterocycles. The minimum atomic E-state index is -0.700. The topological polar surface area (TPSA) is 90.0 Å². The molecule has 2 bridgehead atoms. The number of imide groups is 1. The second-order valence-corrected chi connectivity index (χ2v) is 8.74. The van der Waals surface area contributed by atoms with Gasteiger partial charge in [-0.2, -0.15) is 0 Å². The van der Waals surface area contributed by atoms with Crippen molar-refractivity contribution in [3.8, 4) is 5.75 Å². The molecule has 7 nitrogen and oxygen atoms in total. The molecular formula is C26H23NO6. The van der Waals surface area contributed by atoms with Crippen molar-refractivity contribution in [1.29, 1.82) is 0 Å². The Morgan fingerprint density at radius 3 is 2.33 bits per heavy atom. The second kappa shape index (κ2) is 7.99. The molecule has 168 valence electrons. The lowest BCUT2D eigenvalue weighted by Crippen LogP contribution is -2.33. The van der Waals surface area contributed by atoms with Crippen LogP contribution in [0.15, 0.2) is 54.6 Å². The van der Waals surface area contributed by atoms with Crippen LogP contribution in [0.3, 0.4) is 0 Å². The first-order valence-corrected chi connectivity index (χ1v) is 10.9. The highest BCUT2D eigenvalue weighted by atomic mass is 16.5. The molecule has 7 heteroatoms. The Kier molecular flexibility index (Phi) is 5.12. The summed E-state index contributed by atoms with van der Waals surface area (Å²) < 4.78 is 10.3. The molecule has 3 aliphatic rings. The third kappa shape index (κ3) is 3.44.